The van der Waals surface area contributed by atoms with Gasteiger partial charge in [-0.15, -0.1) is 0 Å². The fourth-order valence-corrected chi connectivity index (χ4v) is 5.22. The zero-order chi connectivity index (χ0) is 22.6. The van der Waals surface area contributed by atoms with E-state index in [1.54, 1.807) is 42.5 Å². The average Bonchev–Trinajstić information content (AvgIpc) is 2.83. The molecule has 0 aromatic heterocycles. The summed E-state index contributed by atoms with van der Waals surface area (Å²) in [5, 5.41) is 3.12. The van der Waals surface area contributed by atoms with Crippen LogP contribution in [0.15, 0.2) is 77.7 Å². The maximum absolute atomic E-state index is 12.8. The maximum Gasteiger partial charge on any atom is 0.261 e. The number of carbonyl (C=O) groups excluding carboxylic acids is 1. The van der Waals surface area contributed by atoms with E-state index in [2.05, 4.69) is 35.2 Å². The summed E-state index contributed by atoms with van der Waals surface area (Å²) in [6, 6.07) is 21.2. The van der Waals surface area contributed by atoms with Gasteiger partial charge in [-0.2, -0.15) is 0 Å². The zero-order valence-corrected chi connectivity index (χ0v) is 19.0. The van der Waals surface area contributed by atoms with Gasteiger partial charge in [-0.3, -0.25) is 9.52 Å². The van der Waals surface area contributed by atoms with Crippen LogP contribution in [0.25, 0.3) is 0 Å². The second kappa shape index (κ2) is 9.57. The second-order valence-electron chi connectivity index (χ2n) is 8.17. The number of benzene rings is 3. The molecule has 0 saturated carbocycles. The molecule has 32 heavy (non-hydrogen) atoms. The summed E-state index contributed by atoms with van der Waals surface area (Å²) in [4.78, 5) is 13.0. The van der Waals surface area contributed by atoms with Crippen molar-refractivity contribution in [2.24, 2.45) is 0 Å². The molecule has 0 fully saturated rings. The van der Waals surface area contributed by atoms with Crippen LogP contribution in [0.3, 0.4) is 0 Å². The number of aryl methyl sites for hydroxylation is 2. The van der Waals surface area contributed by atoms with Gasteiger partial charge in [0.25, 0.3) is 15.9 Å². The van der Waals surface area contributed by atoms with Crippen molar-refractivity contribution in [3.05, 3.63) is 95.1 Å². The molecule has 0 heterocycles. The molecule has 6 heteroatoms. The first-order chi connectivity index (χ1) is 15.5. The van der Waals surface area contributed by atoms with Crippen molar-refractivity contribution in [1.29, 1.82) is 0 Å². The number of anilines is 1. The summed E-state index contributed by atoms with van der Waals surface area (Å²) in [6.07, 6.45) is 5.50. The summed E-state index contributed by atoms with van der Waals surface area (Å²) in [6.45, 7) is 2.06. The number of hydrogen-bond acceptors (Lipinski definition) is 3. The van der Waals surface area contributed by atoms with E-state index in [0.717, 1.165) is 24.8 Å². The van der Waals surface area contributed by atoms with Crippen molar-refractivity contribution in [2.75, 3.05) is 4.72 Å². The minimum Gasteiger partial charge on any atom is -0.345 e. The Bertz CT molecular complexity index is 1190. The zero-order valence-electron chi connectivity index (χ0n) is 18.2. The summed E-state index contributed by atoms with van der Waals surface area (Å²) in [7, 11) is -3.66. The molecule has 2 N–H and O–H groups in total. The third kappa shape index (κ3) is 5.02. The number of nitrogens with one attached hydrogen (secondary N) is 2. The van der Waals surface area contributed by atoms with E-state index >= 15 is 0 Å². The third-order valence-electron chi connectivity index (χ3n) is 5.94. The van der Waals surface area contributed by atoms with Gasteiger partial charge >= 0.3 is 0 Å². The summed E-state index contributed by atoms with van der Waals surface area (Å²) < 4.78 is 27.5. The van der Waals surface area contributed by atoms with Crippen LogP contribution < -0.4 is 10.0 Å². The van der Waals surface area contributed by atoms with Crippen molar-refractivity contribution in [3.63, 3.8) is 0 Å². The first-order valence-corrected chi connectivity index (χ1v) is 12.5. The Morgan fingerprint density at radius 1 is 0.906 bits per heavy atom. The number of sulfonamides is 1. The lowest BCUT2D eigenvalue weighted by Crippen LogP contribution is -2.28. The van der Waals surface area contributed by atoms with Crippen molar-refractivity contribution in [2.45, 2.75) is 50.0 Å². The van der Waals surface area contributed by atoms with Gasteiger partial charge in [0.1, 0.15) is 0 Å². The molecule has 166 valence electrons. The lowest BCUT2D eigenvalue weighted by atomic mass is 9.88. The quantitative estimate of drug-likeness (QED) is 0.519. The summed E-state index contributed by atoms with van der Waals surface area (Å²) >= 11 is 0. The highest BCUT2D eigenvalue weighted by atomic mass is 32.2. The maximum atomic E-state index is 12.8. The van der Waals surface area contributed by atoms with E-state index in [9.17, 15) is 13.2 Å². The van der Waals surface area contributed by atoms with Gasteiger partial charge in [0, 0.05) is 11.3 Å². The van der Waals surface area contributed by atoms with E-state index in [1.807, 2.05) is 0 Å². The topological polar surface area (TPSA) is 75.3 Å². The SMILES string of the molecule is CC[C@H](NC(=O)c1ccc(NS(=O)(=O)c2ccccc2)cc1)c1ccc2c(c1)CCCC2. The van der Waals surface area contributed by atoms with Gasteiger partial charge in [-0.05, 0) is 85.2 Å². The van der Waals surface area contributed by atoms with Gasteiger partial charge in [-0.25, -0.2) is 8.42 Å². The molecule has 0 unspecified atom stereocenters. The van der Waals surface area contributed by atoms with Crippen LogP contribution in [0, 0.1) is 0 Å². The van der Waals surface area contributed by atoms with Crippen LogP contribution in [-0.4, -0.2) is 14.3 Å². The minimum atomic E-state index is -3.66. The highest BCUT2D eigenvalue weighted by molar-refractivity contribution is 7.92. The van der Waals surface area contributed by atoms with E-state index < -0.39 is 10.0 Å². The Morgan fingerprint density at radius 2 is 1.59 bits per heavy atom. The summed E-state index contributed by atoms with van der Waals surface area (Å²) in [5.74, 6) is -0.174. The molecule has 1 aliphatic carbocycles. The lowest BCUT2D eigenvalue weighted by Gasteiger charge is -2.22. The molecule has 0 radical (unpaired) electrons. The van der Waals surface area contributed by atoms with Crippen molar-refractivity contribution in [3.8, 4) is 0 Å². The Morgan fingerprint density at radius 3 is 2.28 bits per heavy atom. The largest absolute Gasteiger partial charge is 0.345 e. The smallest absolute Gasteiger partial charge is 0.261 e. The molecule has 5 nitrogen and oxygen atoms in total. The Kier molecular flexibility index (Phi) is 6.61. The van der Waals surface area contributed by atoms with Gasteiger partial charge in [-0.1, -0.05) is 43.3 Å². The molecular weight excluding hydrogens is 420 g/mol. The van der Waals surface area contributed by atoms with E-state index in [-0.39, 0.29) is 16.8 Å². The molecule has 0 spiro atoms. The lowest BCUT2D eigenvalue weighted by molar-refractivity contribution is 0.0935. The highest BCUT2D eigenvalue weighted by Crippen LogP contribution is 2.26. The van der Waals surface area contributed by atoms with Crippen molar-refractivity contribution < 1.29 is 13.2 Å². The minimum absolute atomic E-state index is 0.0639. The Hall–Kier alpha value is -3.12. The van der Waals surface area contributed by atoms with Crippen LogP contribution in [0.2, 0.25) is 0 Å². The fourth-order valence-electron chi connectivity index (χ4n) is 4.14. The van der Waals surface area contributed by atoms with Crippen molar-refractivity contribution >= 4 is 21.6 Å². The number of amides is 1. The second-order valence-corrected chi connectivity index (χ2v) is 9.85. The van der Waals surface area contributed by atoms with Crippen LogP contribution >= 0.6 is 0 Å². The standard InChI is InChI=1S/C26H28N2O3S/c1-2-25(22-13-12-19-8-6-7-9-21(19)18-22)27-26(29)20-14-16-23(17-15-20)28-32(30,31)24-10-4-3-5-11-24/h3-5,10-18,25,28H,2,6-9H2,1H3,(H,27,29)/t25-/m0/s1. The number of rotatable bonds is 7. The predicted octanol–water partition coefficient (Wildman–Crippen LogP) is 5.25. The van der Waals surface area contributed by atoms with Gasteiger partial charge in [0.2, 0.25) is 0 Å². The molecule has 1 amide bonds. The first kappa shape index (κ1) is 22.1. The molecule has 3 aromatic carbocycles. The van der Waals surface area contributed by atoms with Gasteiger partial charge in [0.15, 0.2) is 0 Å². The molecular formula is C26H28N2O3S. The molecule has 3 aromatic rings. The molecule has 1 atom stereocenters. The van der Waals surface area contributed by atoms with Crippen LogP contribution in [0.1, 0.15) is 59.3 Å². The highest BCUT2D eigenvalue weighted by Gasteiger charge is 2.18. The molecule has 0 saturated heterocycles. The molecule has 1 aliphatic rings. The monoisotopic (exact) mass is 448 g/mol. The first-order valence-electron chi connectivity index (χ1n) is 11.1. The van der Waals surface area contributed by atoms with E-state index in [1.165, 1.54) is 36.1 Å². The van der Waals surface area contributed by atoms with E-state index in [0.29, 0.717) is 11.3 Å². The Labute approximate surface area is 189 Å². The van der Waals surface area contributed by atoms with E-state index in [4.69, 9.17) is 0 Å². The van der Waals surface area contributed by atoms with Gasteiger partial charge < -0.3 is 5.32 Å². The summed E-state index contributed by atoms with van der Waals surface area (Å²) in [5.41, 5.74) is 4.86. The molecule has 4 rings (SSSR count). The van der Waals surface area contributed by atoms with Crippen LogP contribution in [0.4, 0.5) is 5.69 Å². The number of fused-ring (bicyclic) bond motifs is 1. The third-order valence-corrected chi connectivity index (χ3v) is 7.34. The predicted molar refractivity (Wildman–Crippen MR) is 127 cm³/mol. The molecule has 0 bridgehead atoms. The fraction of sp³-hybridized carbons (Fsp3) is 0.269. The number of carbonyl (C=O) groups is 1. The number of hydrogen-bond donors (Lipinski definition) is 2. The van der Waals surface area contributed by atoms with Crippen molar-refractivity contribution in [1.82, 2.24) is 5.32 Å². The Balaban J connectivity index is 1.44. The normalized spacial score (nSPS) is 14.3. The van der Waals surface area contributed by atoms with Crippen LogP contribution in [-0.2, 0) is 22.9 Å². The average molecular weight is 449 g/mol. The van der Waals surface area contributed by atoms with Gasteiger partial charge in [0.05, 0.1) is 10.9 Å². The molecule has 0 aliphatic heterocycles. The van der Waals surface area contributed by atoms with Crippen LogP contribution in [0.5, 0.6) is 0 Å².